The van der Waals surface area contributed by atoms with E-state index in [1.165, 1.54) is 19.3 Å². The van der Waals surface area contributed by atoms with Crippen LogP contribution in [0.1, 0.15) is 66.7 Å². The smallest absolute Gasteiger partial charge is 0.318 e. The van der Waals surface area contributed by atoms with E-state index in [9.17, 15) is 4.79 Å². The molecule has 0 unspecified atom stereocenters. The van der Waals surface area contributed by atoms with Crippen molar-refractivity contribution in [3.8, 4) is 0 Å². The Labute approximate surface area is 111 Å². The van der Waals surface area contributed by atoms with Crippen molar-refractivity contribution in [2.24, 2.45) is 22.4 Å². The monoisotopic (exact) mass is 253 g/mol. The summed E-state index contributed by atoms with van der Waals surface area (Å²) in [6, 6.07) is 0. The normalized spacial score (nSPS) is 21.0. The van der Waals surface area contributed by atoms with Crippen LogP contribution in [0.4, 0.5) is 0 Å². The van der Waals surface area contributed by atoms with Gasteiger partial charge < -0.3 is 4.84 Å². The lowest BCUT2D eigenvalue weighted by Crippen LogP contribution is -2.28. The van der Waals surface area contributed by atoms with Crippen LogP contribution in [-0.2, 0) is 9.63 Å². The first-order chi connectivity index (χ1) is 8.36. The van der Waals surface area contributed by atoms with Crippen LogP contribution in [0.5, 0.6) is 0 Å². The average molecular weight is 253 g/mol. The van der Waals surface area contributed by atoms with Crippen molar-refractivity contribution in [2.45, 2.75) is 66.7 Å². The van der Waals surface area contributed by atoms with Gasteiger partial charge in [0.05, 0.1) is 11.6 Å². The van der Waals surface area contributed by atoms with E-state index in [1.807, 2.05) is 13.8 Å². The Morgan fingerprint density at radius 3 is 2.39 bits per heavy atom. The first kappa shape index (κ1) is 15.2. The van der Waals surface area contributed by atoms with Crippen LogP contribution in [0.15, 0.2) is 5.16 Å². The van der Waals surface area contributed by atoms with Crippen LogP contribution < -0.4 is 0 Å². The highest BCUT2D eigenvalue weighted by molar-refractivity contribution is 5.85. The maximum Gasteiger partial charge on any atom is 0.337 e. The molecule has 3 nitrogen and oxygen atoms in total. The third-order valence-electron chi connectivity index (χ3n) is 4.32. The molecular weight excluding hydrogens is 226 g/mol. The Morgan fingerprint density at radius 1 is 1.39 bits per heavy atom. The van der Waals surface area contributed by atoms with Gasteiger partial charge in [0.15, 0.2) is 0 Å². The Balaban J connectivity index is 2.44. The maximum absolute atomic E-state index is 11.3. The van der Waals surface area contributed by atoms with Gasteiger partial charge in [-0.15, -0.1) is 0 Å². The van der Waals surface area contributed by atoms with E-state index in [0.29, 0.717) is 5.41 Å². The van der Waals surface area contributed by atoms with Gasteiger partial charge in [0, 0.05) is 0 Å². The summed E-state index contributed by atoms with van der Waals surface area (Å²) >= 11 is 0. The highest BCUT2D eigenvalue weighted by Gasteiger charge is 2.30. The zero-order chi connectivity index (χ0) is 13.8. The first-order valence-corrected chi connectivity index (χ1v) is 7.13. The minimum atomic E-state index is -0.237. The summed E-state index contributed by atoms with van der Waals surface area (Å²) in [5.41, 5.74) is 1.47. The van der Waals surface area contributed by atoms with Gasteiger partial charge in [-0.2, -0.15) is 0 Å². The molecule has 0 atom stereocenters. The van der Waals surface area contributed by atoms with Gasteiger partial charge in [0.1, 0.15) is 0 Å². The van der Waals surface area contributed by atoms with Gasteiger partial charge in [-0.05, 0) is 37.0 Å². The predicted octanol–water partition coefficient (Wildman–Crippen LogP) is 4.17. The second kappa shape index (κ2) is 6.35. The third-order valence-corrected chi connectivity index (χ3v) is 4.32. The highest BCUT2D eigenvalue weighted by atomic mass is 16.7. The second-order valence-corrected chi connectivity index (χ2v) is 6.34. The summed E-state index contributed by atoms with van der Waals surface area (Å²) in [5.74, 6) is 0.422. The molecule has 18 heavy (non-hydrogen) atoms. The number of nitrogens with zero attached hydrogens (tertiary/aromatic N) is 1. The molecule has 0 aromatic rings. The van der Waals surface area contributed by atoms with Crippen LogP contribution in [0, 0.1) is 17.3 Å². The van der Waals surface area contributed by atoms with E-state index in [1.54, 1.807) is 0 Å². The molecule has 0 aromatic heterocycles. The van der Waals surface area contributed by atoms with Crippen LogP contribution in [0.2, 0.25) is 0 Å². The minimum absolute atomic E-state index is 0.107. The Bertz CT molecular complexity index is 308. The Morgan fingerprint density at radius 2 is 1.94 bits per heavy atom. The van der Waals surface area contributed by atoms with Crippen molar-refractivity contribution in [3.63, 3.8) is 0 Å². The molecule has 0 radical (unpaired) electrons. The molecule has 0 amide bonds. The zero-order valence-electron chi connectivity index (χ0n) is 12.5. The fourth-order valence-corrected chi connectivity index (χ4v) is 2.33. The molecule has 0 bridgehead atoms. The van der Waals surface area contributed by atoms with E-state index in [-0.39, 0.29) is 11.9 Å². The molecule has 1 aliphatic carbocycles. The number of carbonyl (C=O) groups is 1. The molecule has 104 valence electrons. The van der Waals surface area contributed by atoms with E-state index in [4.69, 9.17) is 4.84 Å². The molecule has 0 aromatic carbocycles. The molecule has 0 spiro atoms. The molecule has 1 saturated carbocycles. The highest BCUT2D eigenvalue weighted by Crippen LogP contribution is 2.39. The largest absolute Gasteiger partial charge is 0.337 e. The van der Waals surface area contributed by atoms with Crippen molar-refractivity contribution < 1.29 is 9.63 Å². The van der Waals surface area contributed by atoms with Gasteiger partial charge in [0.25, 0.3) is 0 Å². The summed E-state index contributed by atoms with van der Waals surface area (Å²) in [6.45, 7) is 10.6. The van der Waals surface area contributed by atoms with Crippen molar-refractivity contribution in [1.29, 1.82) is 0 Å². The third kappa shape index (κ3) is 4.11. The van der Waals surface area contributed by atoms with Gasteiger partial charge in [-0.25, -0.2) is 4.79 Å². The topological polar surface area (TPSA) is 38.7 Å². The summed E-state index contributed by atoms with van der Waals surface area (Å²) in [4.78, 5) is 16.3. The van der Waals surface area contributed by atoms with E-state index in [2.05, 4.69) is 25.9 Å². The average Bonchev–Trinajstić information content (AvgIpc) is 2.36. The molecule has 1 fully saturated rings. The lowest BCUT2D eigenvalue weighted by Gasteiger charge is -2.36. The zero-order valence-corrected chi connectivity index (χ0v) is 12.5. The van der Waals surface area contributed by atoms with Crippen LogP contribution in [0.25, 0.3) is 0 Å². The van der Waals surface area contributed by atoms with Gasteiger partial charge in [0.2, 0.25) is 0 Å². The molecule has 0 N–H and O–H groups in total. The van der Waals surface area contributed by atoms with E-state index < -0.39 is 0 Å². The van der Waals surface area contributed by atoms with E-state index in [0.717, 1.165) is 24.5 Å². The molecule has 0 saturated heterocycles. The molecule has 1 rings (SSSR count). The Kier molecular flexibility index (Phi) is 5.36. The van der Waals surface area contributed by atoms with Crippen LogP contribution in [0.3, 0.4) is 0 Å². The molecular formula is C15H27NO2. The van der Waals surface area contributed by atoms with Crippen molar-refractivity contribution in [3.05, 3.63) is 0 Å². The van der Waals surface area contributed by atoms with Crippen LogP contribution in [-0.4, -0.2) is 11.7 Å². The number of hydrogen-bond acceptors (Lipinski definition) is 3. The first-order valence-electron chi connectivity index (χ1n) is 7.13. The number of rotatable bonds is 4. The molecule has 3 heteroatoms. The summed E-state index contributed by atoms with van der Waals surface area (Å²) in [5, 5.41) is 4.01. The molecule has 1 aliphatic rings. The van der Waals surface area contributed by atoms with Gasteiger partial charge >= 0.3 is 5.97 Å². The minimum Gasteiger partial charge on any atom is -0.318 e. The standard InChI is InChI=1S/C15H27NO2/c1-6-15(4,5)12-7-9-13(10-8-12)16-18-14(17)11(2)3/h11-12H,6-10H2,1-5H3. The summed E-state index contributed by atoms with van der Waals surface area (Å²) < 4.78 is 0. The van der Waals surface area contributed by atoms with Crippen molar-refractivity contribution in [2.75, 3.05) is 0 Å². The Hall–Kier alpha value is -0.860. The number of oxime groups is 1. The van der Waals surface area contributed by atoms with Crippen molar-refractivity contribution in [1.82, 2.24) is 0 Å². The molecule has 0 aliphatic heterocycles. The number of hydrogen-bond donors (Lipinski definition) is 0. The number of carbonyl (C=O) groups excluding carboxylic acids is 1. The van der Waals surface area contributed by atoms with Crippen LogP contribution >= 0.6 is 0 Å². The SMILES string of the molecule is CCC(C)(C)C1CCC(=NOC(=O)C(C)C)CC1. The van der Waals surface area contributed by atoms with Gasteiger partial charge in [-0.3, -0.25) is 0 Å². The summed E-state index contributed by atoms with van der Waals surface area (Å²) in [7, 11) is 0. The fraction of sp³-hybridized carbons (Fsp3) is 0.867. The maximum atomic E-state index is 11.3. The predicted molar refractivity (Wildman–Crippen MR) is 74.4 cm³/mol. The lowest BCUT2D eigenvalue weighted by atomic mass is 9.69. The fourth-order valence-electron chi connectivity index (χ4n) is 2.33. The quantitative estimate of drug-likeness (QED) is 0.557. The summed E-state index contributed by atoms with van der Waals surface area (Å²) in [6.07, 6.45) is 5.49. The van der Waals surface area contributed by atoms with Crippen molar-refractivity contribution >= 4 is 11.7 Å². The lowest BCUT2D eigenvalue weighted by molar-refractivity contribution is -0.147. The molecule has 0 heterocycles. The van der Waals surface area contributed by atoms with Gasteiger partial charge in [-0.1, -0.05) is 46.2 Å². The van der Waals surface area contributed by atoms with E-state index >= 15 is 0 Å². The second-order valence-electron chi connectivity index (χ2n) is 6.34.